The van der Waals surface area contributed by atoms with Crippen LogP contribution in [0.2, 0.25) is 0 Å². The van der Waals surface area contributed by atoms with Crippen LogP contribution in [0.1, 0.15) is 42.5 Å². The number of halogens is 1. The van der Waals surface area contributed by atoms with E-state index in [1.54, 1.807) is 0 Å². The summed E-state index contributed by atoms with van der Waals surface area (Å²) in [4.78, 5) is 0. The van der Waals surface area contributed by atoms with Crippen molar-refractivity contribution in [1.82, 2.24) is 0 Å². The van der Waals surface area contributed by atoms with Crippen LogP contribution in [0.15, 0.2) is 18.2 Å². The standard InChI is InChI=1S/C12H17N.ClH/c1-9(13)11-7-6-10-4-2-3-5-12(10)8-11;/h6-9H,2-5,13H2,1H3;1H/t9-;/m0./s1. The van der Waals surface area contributed by atoms with E-state index >= 15 is 0 Å². The molecule has 1 aromatic carbocycles. The quantitative estimate of drug-likeness (QED) is 0.760. The smallest absolute Gasteiger partial charge is 0.0266 e. The third kappa shape index (κ3) is 2.28. The number of benzene rings is 1. The lowest BCUT2D eigenvalue weighted by Crippen LogP contribution is -2.08. The van der Waals surface area contributed by atoms with E-state index in [2.05, 4.69) is 18.2 Å². The van der Waals surface area contributed by atoms with Crippen LogP contribution < -0.4 is 5.73 Å². The van der Waals surface area contributed by atoms with E-state index in [9.17, 15) is 0 Å². The first-order chi connectivity index (χ1) is 6.27. The Morgan fingerprint density at radius 1 is 1.14 bits per heavy atom. The van der Waals surface area contributed by atoms with Gasteiger partial charge in [0.2, 0.25) is 0 Å². The van der Waals surface area contributed by atoms with Gasteiger partial charge in [0.1, 0.15) is 0 Å². The second-order valence-electron chi connectivity index (χ2n) is 4.02. The van der Waals surface area contributed by atoms with E-state index in [0.717, 1.165) is 0 Å². The largest absolute Gasteiger partial charge is 0.324 e. The molecule has 0 bridgehead atoms. The van der Waals surface area contributed by atoms with Gasteiger partial charge in [-0.05, 0) is 49.3 Å². The maximum atomic E-state index is 5.85. The molecule has 2 N–H and O–H groups in total. The highest BCUT2D eigenvalue weighted by Crippen LogP contribution is 2.23. The maximum Gasteiger partial charge on any atom is 0.0266 e. The number of fused-ring (bicyclic) bond motifs is 1. The minimum atomic E-state index is 0. The van der Waals surface area contributed by atoms with E-state index in [4.69, 9.17) is 5.73 Å². The van der Waals surface area contributed by atoms with Crippen LogP contribution in [-0.4, -0.2) is 0 Å². The number of aryl methyl sites for hydroxylation is 2. The summed E-state index contributed by atoms with van der Waals surface area (Å²) in [5, 5.41) is 0. The van der Waals surface area contributed by atoms with Crippen LogP contribution in [0.3, 0.4) is 0 Å². The highest BCUT2D eigenvalue weighted by molar-refractivity contribution is 5.85. The molecule has 1 atom stereocenters. The predicted molar refractivity (Wildman–Crippen MR) is 62.9 cm³/mol. The molecule has 0 aromatic heterocycles. The highest BCUT2D eigenvalue weighted by atomic mass is 35.5. The number of nitrogens with two attached hydrogens (primary N) is 1. The zero-order chi connectivity index (χ0) is 9.26. The Labute approximate surface area is 92.1 Å². The van der Waals surface area contributed by atoms with Crippen LogP contribution in [-0.2, 0) is 12.8 Å². The first kappa shape index (κ1) is 11.5. The number of rotatable bonds is 1. The van der Waals surface area contributed by atoms with Gasteiger partial charge in [0.05, 0.1) is 0 Å². The van der Waals surface area contributed by atoms with Crippen LogP contribution in [0.4, 0.5) is 0 Å². The van der Waals surface area contributed by atoms with Gasteiger partial charge in [-0.25, -0.2) is 0 Å². The molecule has 0 saturated carbocycles. The van der Waals surface area contributed by atoms with E-state index < -0.39 is 0 Å². The zero-order valence-corrected chi connectivity index (χ0v) is 9.44. The maximum absolute atomic E-state index is 5.85. The van der Waals surface area contributed by atoms with E-state index in [0.29, 0.717) is 0 Å². The normalized spacial score (nSPS) is 16.7. The Hall–Kier alpha value is -0.530. The third-order valence-corrected chi connectivity index (χ3v) is 2.90. The summed E-state index contributed by atoms with van der Waals surface area (Å²) < 4.78 is 0. The molecule has 1 aromatic rings. The van der Waals surface area contributed by atoms with E-state index in [1.165, 1.54) is 42.4 Å². The second-order valence-corrected chi connectivity index (χ2v) is 4.02. The molecule has 0 saturated heterocycles. The topological polar surface area (TPSA) is 26.0 Å². The summed E-state index contributed by atoms with van der Waals surface area (Å²) in [5.74, 6) is 0. The van der Waals surface area contributed by atoms with Gasteiger partial charge in [-0.1, -0.05) is 18.2 Å². The molecule has 14 heavy (non-hydrogen) atoms. The highest BCUT2D eigenvalue weighted by Gasteiger charge is 2.10. The lowest BCUT2D eigenvalue weighted by molar-refractivity contribution is 0.681. The molecule has 0 fully saturated rings. The van der Waals surface area contributed by atoms with Crippen molar-refractivity contribution in [3.63, 3.8) is 0 Å². The van der Waals surface area contributed by atoms with Crippen molar-refractivity contribution in [1.29, 1.82) is 0 Å². The molecule has 2 heteroatoms. The molecule has 0 radical (unpaired) electrons. The first-order valence-corrected chi connectivity index (χ1v) is 5.14. The molecule has 1 aliphatic rings. The lowest BCUT2D eigenvalue weighted by atomic mass is 9.89. The van der Waals surface area contributed by atoms with Gasteiger partial charge >= 0.3 is 0 Å². The fourth-order valence-corrected chi connectivity index (χ4v) is 2.04. The summed E-state index contributed by atoms with van der Waals surface area (Å²) in [6.45, 7) is 2.05. The van der Waals surface area contributed by atoms with Gasteiger partial charge < -0.3 is 5.73 Å². The average molecular weight is 212 g/mol. The van der Waals surface area contributed by atoms with Crippen molar-refractivity contribution in [3.8, 4) is 0 Å². The Morgan fingerprint density at radius 2 is 1.79 bits per heavy atom. The first-order valence-electron chi connectivity index (χ1n) is 5.14. The summed E-state index contributed by atoms with van der Waals surface area (Å²) >= 11 is 0. The van der Waals surface area contributed by atoms with Gasteiger partial charge in [0, 0.05) is 6.04 Å². The van der Waals surface area contributed by atoms with Crippen molar-refractivity contribution in [2.75, 3.05) is 0 Å². The molecule has 0 spiro atoms. The van der Waals surface area contributed by atoms with Crippen molar-refractivity contribution in [2.45, 2.75) is 38.6 Å². The molecule has 78 valence electrons. The van der Waals surface area contributed by atoms with Crippen LogP contribution in [0.5, 0.6) is 0 Å². The summed E-state index contributed by atoms with van der Waals surface area (Å²) in [7, 11) is 0. The molecule has 0 amide bonds. The minimum Gasteiger partial charge on any atom is -0.324 e. The minimum absolute atomic E-state index is 0. The Balaban J connectivity index is 0.000000980. The predicted octanol–water partition coefficient (Wildman–Crippen LogP) is 3.01. The SMILES string of the molecule is C[C@H](N)c1ccc2c(c1)CCCC2.Cl. The van der Waals surface area contributed by atoms with E-state index in [-0.39, 0.29) is 18.4 Å². The molecule has 0 heterocycles. The third-order valence-electron chi connectivity index (χ3n) is 2.90. The fraction of sp³-hybridized carbons (Fsp3) is 0.500. The van der Waals surface area contributed by atoms with Gasteiger partial charge in [-0.2, -0.15) is 0 Å². The summed E-state index contributed by atoms with van der Waals surface area (Å²) in [5.41, 5.74) is 10.2. The Bertz CT molecular complexity index is 307. The summed E-state index contributed by atoms with van der Waals surface area (Å²) in [6.07, 6.45) is 5.20. The lowest BCUT2D eigenvalue weighted by Gasteiger charge is -2.17. The number of hydrogen-bond donors (Lipinski definition) is 1. The molecular formula is C12H18ClN. The van der Waals surface area contributed by atoms with Crippen LogP contribution in [0.25, 0.3) is 0 Å². The van der Waals surface area contributed by atoms with E-state index in [1.807, 2.05) is 6.92 Å². The van der Waals surface area contributed by atoms with Gasteiger partial charge in [0.25, 0.3) is 0 Å². The number of hydrogen-bond acceptors (Lipinski definition) is 1. The van der Waals surface area contributed by atoms with Crippen LogP contribution in [0, 0.1) is 0 Å². The molecule has 2 rings (SSSR count). The van der Waals surface area contributed by atoms with Gasteiger partial charge in [-0.15, -0.1) is 12.4 Å². The average Bonchev–Trinajstić information content (AvgIpc) is 2.17. The molecular weight excluding hydrogens is 194 g/mol. The van der Waals surface area contributed by atoms with Crippen molar-refractivity contribution in [3.05, 3.63) is 34.9 Å². The second kappa shape index (κ2) is 4.81. The summed E-state index contributed by atoms with van der Waals surface area (Å²) in [6, 6.07) is 6.90. The van der Waals surface area contributed by atoms with Crippen molar-refractivity contribution < 1.29 is 0 Å². The fourth-order valence-electron chi connectivity index (χ4n) is 2.04. The van der Waals surface area contributed by atoms with Gasteiger partial charge in [-0.3, -0.25) is 0 Å². The van der Waals surface area contributed by atoms with Crippen molar-refractivity contribution >= 4 is 12.4 Å². The van der Waals surface area contributed by atoms with Crippen molar-refractivity contribution in [2.24, 2.45) is 5.73 Å². The molecule has 0 unspecified atom stereocenters. The van der Waals surface area contributed by atoms with Crippen LogP contribution >= 0.6 is 12.4 Å². The molecule has 1 nitrogen and oxygen atoms in total. The zero-order valence-electron chi connectivity index (χ0n) is 8.62. The van der Waals surface area contributed by atoms with Gasteiger partial charge in [0.15, 0.2) is 0 Å². The molecule has 0 aliphatic heterocycles. The monoisotopic (exact) mass is 211 g/mol. The molecule has 1 aliphatic carbocycles. The Morgan fingerprint density at radius 3 is 2.43 bits per heavy atom. The Kier molecular flexibility index (Phi) is 3.97.